The van der Waals surface area contributed by atoms with E-state index in [2.05, 4.69) is 0 Å². The summed E-state index contributed by atoms with van der Waals surface area (Å²) >= 11 is 0. The Kier molecular flexibility index (Phi) is 4.80. The highest BCUT2D eigenvalue weighted by Crippen LogP contribution is 2.29. The third-order valence-electron chi connectivity index (χ3n) is 3.47. The molecule has 2 aromatic carbocycles. The number of hydrogen-bond donors (Lipinski definition) is 1. The number of nitro benzene ring substituents is 1. The smallest absolute Gasteiger partial charge is 0.275 e. The van der Waals surface area contributed by atoms with Crippen LogP contribution >= 0.6 is 0 Å². The number of para-hydroxylation sites is 2. The fourth-order valence-corrected chi connectivity index (χ4v) is 2.31. The van der Waals surface area contributed by atoms with Crippen LogP contribution in [0, 0.1) is 10.1 Å². The van der Waals surface area contributed by atoms with Crippen molar-refractivity contribution in [3.8, 4) is 5.75 Å². The van der Waals surface area contributed by atoms with Crippen molar-refractivity contribution in [3.05, 3.63) is 63.7 Å². The lowest BCUT2D eigenvalue weighted by Crippen LogP contribution is -2.18. The molecule has 2 rings (SSSR count). The van der Waals surface area contributed by atoms with E-state index in [0.29, 0.717) is 11.3 Å². The summed E-state index contributed by atoms with van der Waals surface area (Å²) < 4.78 is 5.30. The van der Waals surface area contributed by atoms with E-state index in [9.17, 15) is 14.9 Å². The zero-order valence-corrected chi connectivity index (χ0v) is 12.9. The molecule has 0 atom stereocenters. The lowest BCUT2D eigenvalue weighted by molar-refractivity contribution is -0.385. The summed E-state index contributed by atoms with van der Waals surface area (Å²) in [5.74, 6) is -0.0239. The van der Waals surface area contributed by atoms with Crippen molar-refractivity contribution in [2.75, 3.05) is 19.1 Å². The minimum atomic E-state index is -0.697. The van der Waals surface area contributed by atoms with Crippen LogP contribution in [-0.4, -0.2) is 25.0 Å². The summed E-state index contributed by atoms with van der Waals surface area (Å²) in [5.41, 5.74) is 6.44. The molecule has 0 bridgehead atoms. The van der Waals surface area contributed by atoms with Crippen LogP contribution in [0.25, 0.3) is 0 Å². The standard InChI is InChI=1S/C16H17N3O4/c1-18(13-5-3-4-6-15(13)23-2)10-12-8-7-11(16(17)20)9-14(12)19(21)22/h3-9H,10H2,1-2H3,(H2,17,20). The van der Waals surface area contributed by atoms with Gasteiger partial charge in [0.15, 0.2) is 0 Å². The molecule has 0 fully saturated rings. The van der Waals surface area contributed by atoms with Gasteiger partial charge in [0.2, 0.25) is 5.91 Å². The molecule has 7 heteroatoms. The number of anilines is 1. The molecule has 0 aliphatic rings. The number of primary amides is 1. The van der Waals surface area contributed by atoms with E-state index in [1.807, 2.05) is 36.2 Å². The number of nitro groups is 1. The van der Waals surface area contributed by atoms with Crippen molar-refractivity contribution in [1.82, 2.24) is 0 Å². The third kappa shape index (κ3) is 3.57. The molecule has 120 valence electrons. The number of ether oxygens (including phenoxy) is 1. The zero-order chi connectivity index (χ0) is 17.0. The first kappa shape index (κ1) is 16.3. The molecule has 0 saturated carbocycles. The Bertz CT molecular complexity index is 746. The Hall–Kier alpha value is -3.09. The summed E-state index contributed by atoms with van der Waals surface area (Å²) in [6.45, 7) is 0.287. The fraction of sp³-hybridized carbons (Fsp3) is 0.188. The van der Waals surface area contributed by atoms with Gasteiger partial charge < -0.3 is 15.4 Å². The summed E-state index contributed by atoms with van der Waals surface area (Å²) in [4.78, 5) is 23.8. The summed E-state index contributed by atoms with van der Waals surface area (Å²) in [6.07, 6.45) is 0. The van der Waals surface area contributed by atoms with Gasteiger partial charge in [-0.2, -0.15) is 0 Å². The average molecular weight is 315 g/mol. The third-order valence-corrected chi connectivity index (χ3v) is 3.47. The van der Waals surface area contributed by atoms with Gasteiger partial charge in [0, 0.05) is 30.8 Å². The highest BCUT2D eigenvalue weighted by molar-refractivity contribution is 5.93. The van der Waals surface area contributed by atoms with Crippen LogP contribution < -0.4 is 15.4 Å². The molecule has 23 heavy (non-hydrogen) atoms. The van der Waals surface area contributed by atoms with Crippen molar-refractivity contribution in [3.63, 3.8) is 0 Å². The highest BCUT2D eigenvalue weighted by Gasteiger charge is 2.18. The predicted octanol–water partition coefficient (Wildman–Crippen LogP) is 2.34. The van der Waals surface area contributed by atoms with E-state index >= 15 is 0 Å². The maximum absolute atomic E-state index is 11.2. The van der Waals surface area contributed by atoms with Crippen molar-refractivity contribution >= 4 is 17.3 Å². The predicted molar refractivity (Wildman–Crippen MR) is 86.7 cm³/mol. The van der Waals surface area contributed by atoms with Crippen molar-refractivity contribution in [1.29, 1.82) is 0 Å². The highest BCUT2D eigenvalue weighted by atomic mass is 16.6. The molecule has 0 aromatic heterocycles. The van der Waals surface area contributed by atoms with Crippen molar-refractivity contribution in [2.24, 2.45) is 5.73 Å². The van der Waals surface area contributed by atoms with Crippen LogP contribution in [0.1, 0.15) is 15.9 Å². The van der Waals surface area contributed by atoms with Crippen LogP contribution in [0.3, 0.4) is 0 Å². The minimum absolute atomic E-state index is 0.111. The number of nitrogens with two attached hydrogens (primary N) is 1. The number of methoxy groups -OCH3 is 1. The normalized spacial score (nSPS) is 10.2. The SMILES string of the molecule is COc1ccccc1N(C)Cc1ccc(C(N)=O)cc1[N+](=O)[O-]. The Morgan fingerprint density at radius 1 is 1.30 bits per heavy atom. The first-order valence-electron chi connectivity index (χ1n) is 6.85. The van der Waals surface area contributed by atoms with E-state index < -0.39 is 10.8 Å². The number of nitrogens with zero attached hydrogens (tertiary/aromatic N) is 2. The van der Waals surface area contributed by atoms with Gasteiger partial charge in [0.05, 0.1) is 17.7 Å². The van der Waals surface area contributed by atoms with Crippen molar-refractivity contribution in [2.45, 2.75) is 6.54 Å². The van der Waals surface area contributed by atoms with Crippen LogP contribution in [0.5, 0.6) is 5.75 Å². The van der Waals surface area contributed by atoms with Crippen LogP contribution in [-0.2, 0) is 6.54 Å². The van der Waals surface area contributed by atoms with Gasteiger partial charge in [-0.15, -0.1) is 0 Å². The van der Waals surface area contributed by atoms with Crippen LogP contribution in [0.15, 0.2) is 42.5 Å². The molecule has 7 nitrogen and oxygen atoms in total. The Balaban J connectivity index is 2.35. The van der Waals surface area contributed by atoms with E-state index in [-0.39, 0.29) is 17.8 Å². The van der Waals surface area contributed by atoms with Gasteiger partial charge in [-0.1, -0.05) is 12.1 Å². The number of benzene rings is 2. The molecule has 0 aliphatic carbocycles. The topological polar surface area (TPSA) is 98.7 Å². The molecule has 0 unspecified atom stereocenters. The lowest BCUT2D eigenvalue weighted by Gasteiger charge is -2.21. The quantitative estimate of drug-likeness (QED) is 0.651. The maximum atomic E-state index is 11.2. The molecule has 2 aromatic rings. The molecule has 0 radical (unpaired) electrons. The fourth-order valence-electron chi connectivity index (χ4n) is 2.31. The van der Waals surface area contributed by atoms with E-state index in [4.69, 9.17) is 10.5 Å². The van der Waals surface area contributed by atoms with Gasteiger partial charge in [-0.25, -0.2) is 0 Å². The molecule has 0 heterocycles. The maximum Gasteiger partial charge on any atom is 0.275 e. The van der Waals surface area contributed by atoms with Gasteiger partial charge in [0.1, 0.15) is 5.75 Å². The second kappa shape index (κ2) is 6.78. The first-order chi connectivity index (χ1) is 10.9. The summed E-state index contributed by atoms with van der Waals surface area (Å²) in [5, 5.41) is 11.2. The minimum Gasteiger partial charge on any atom is -0.495 e. The van der Waals surface area contributed by atoms with Gasteiger partial charge in [-0.3, -0.25) is 14.9 Å². The van der Waals surface area contributed by atoms with Gasteiger partial charge in [0.25, 0.3) is 5.69 Å². The monoisotopic (exact) mass is 315 g/mol. The second-order valence-electron chi connectivity index (χ2n) is 4.99. The van der Waals surface area contributed by atoms with Crippen LogP contribution in [0.2, 0.25) is 0 Å². The largest absolute Gasteiger partial charge is 0.495 e. The molecular weight excluding hydrogens is 298 g/mol. The van der Waals surface area contributed by atoms with E-state index in [1.165, 1.54) is 12.1 Å². The molecule has 1 amide bonds. The molecule has 0 aliphatic heterocycles. The number of amides is 1. The number of rotatable bonds is 6. The molecule has 0 saturated heterocycles. The lowest BCUT2D eigenvalue weighted by atomic mass is 10.1. The Morgan fingerprint density at radius 3 is 2.61 bits per heavy atom. The Morgan fingerprint density at radius 2 is 2.00 bits per heavy atom. The van der Waals surface area contributed by atoms with Crippen molar-refractivity contribution < 1.29 is 14.5 Å². The Labute approximate surface area is 133 Å². The number of hydrogen-bond acceptors (Lipinski definition) is 5. The van der Waals surface area contributed by atoms with Gasteiger partial charge >= 0.3 is 0 Å². The second-order valence-corrected chi connectivity index (χ2v) is 4.99. The first-order valence-corrected chi connectivity index (χ1v) is 6.85. The van der Waals surface area contributed by atoms with E-state index in [0.717, 1.165) is 5.69 Å². The van der Waals surface area contributed by atoms with Crippen LogP contribution in [0.4, 0.5) is 11.4 Å². The summed E-state index contributed by atoms with van der Waals surface area (Å²) in [7, 11) is 3.38. The van der Waals surface area contributed by atoms with E-state index in [1.54, 1.807) is 13.2 Å². The zero-order valence-electron chi connectivity index (χ0n) is 12.9. The molecular formula is C16H17N3O4. The number of carbonyl (C=O) groups is 1. The molecule has 2 N–H and O–H groups in total. The average Bonchev–Trinajstić information content (AvgIpc) is 2.54. The number of carbonyl (C=O) groups excluding carboxylic acids is 1. The van der Waals surface area contributed by atoms with Gasteiger partial charge in [-0.05, 0) is 24.3 Å². The summed E-state index contributed by atoms with van der Waals surface area (Å²) in [6, 6.07) is 11.6. The molecule has 0 spiro atoms.